The summed E-state index contributed by atoms with van der Waals surface area (Å²) in [4.78, 5) is 0. The molecule has 1 aromatic carbocycles. The van der Waals surface area contributed by atoms with Crippen molar-refractivity contribution < 1.29 is 0 Å². The molecule has 0 aromatic heterocycles. The van der Waals surface area contributed by atoms with Gasteiger partial charge in [0.05, 0.1) is 0 Å². The molecule has 88 valence electrons. The van der Waals surface area contributed by atoms with Crippen LogP contribution in [0.15, 0.2) is 36.4 Å². The lowest BCUT2D eigenvalue weighted by atomic mass is 10.2. The second-order valence-electron chi connectivity index (χ2n) is 3.77. The zero-order valence-corrected chi connectivity index (χ0v) is 9.65. The molecule has 0 atom stereocenters. The summed E-state index contributed by atoms with van der Waals surface area (Å²) in [5.41, 5.74) is 13.0. The summed E-state index contributed by atoms with van der Waals surface area (Å²) in [6.45, 7) is 2.57. The number of nitrogens with two attached hydrogens (primary N) is 2. The van der Waals surface area contributed by atoms with E-state index in [0.29, 0.717) is 6.54 Å². The summed E-state index contributed by atoms with van der Waals surface area (Å²) in [7, 11) is 0. The number of nitrogens with one attached hydrogen (secondary N) is 1. The smallest absolute Gasteiger partial charge is 0.0314 e. The summed E-state index contributed by atoms with van der Waals surface area (Å²) in [5, 5.41) is 3.39. The van der Waals surface area contributed by atoms with Crippen molar-refractivity contribution in [1.29, 1.82) is 0 Å². The Bertz CT molecular complexity index is 303. The Kier molecular flexibility index (Phi) is 6.30. The summed E-state index contributed by atoms with van der Waals surface area (Å²) >= 11 is 0. The van der Waals surface area contributed by atoms with Crippen molar-refractivity contribution in [2.75, 3.05) is 18.8 Å². The number of nitrogen functional groups attached to an aromatic ring is 1. The van der Waals surface area contributed by atoms with Crippen molar-refractivity contribution in [3.8, 4) is 0 Å². The normalized spacial score (nSPS) is 11.1. The average Bonchev–Trinajstić information content (AvgIpc) is 2.30. The fraction of sp³-hybridized carbons (Fsp3) is 0.385. The molecule has 3 heteroatoms. The fourth-order valence-electron chi connectivity index (χ4n) is 1.43. The Balaban J connectivity index is 2.07. The second-order valence-corrected chi connectivity index (χ2v) is 3.77. The number of rotatable bonds is 7. The Hall–Kier alpha value is -1.32. The van der Waals surface area contributed by atoms with Crippen LogP contribution in [0.1, 0.15) is 18.4 Å². The zero-order chi connectivity index (χ0) is 11.6. The van der Waals surface area contributed by atoms with Crippen molar-refractivity contribution in [3.63, 3.8) is 0 Å². The number of allylic oxidation sites excluding steroid dienone is 1. The van der Waals surface area contributed by atoms with Gasteiger partial charge in [-0.2, -0.15) is 0 Å². The molecule has 0 unspecified atom stereocenters. The first-order chi connectivity index (χ1) is 7.83. The molecule has 3 nitrogen and oxygen atoms in total. The molecule has 0 bridgehead atoms. The molecule has 0 saturated heterocycles. The van der Waals surface area contributed by atoms with Gasteiger partial charge in [-0.15, -0.1) is 0 Å². The van der Waals surface area contributed by atoms with Crippen LogP contribution in [0.25, 0.3) is 0 Å². The van der Waals surface area contributed by atoms with Gasteiger partial charge in [0.1, 0.15) is 0 Å². The van der Waals surface area contributed by atoms with Crippen LogP contribution >= 0.6 is 0 Å². The van der Waals surface area contributed by atoms with Gasteiger partial charge in [0, 0.05) is 18.8 Å². The van der Waals surface area contributed by atoms with E-state index in [-0.39, 0.29) is 0 Å². The van der Waals surface area contributed by atoms with Crippen molar-refractivity contribution in [2.45, 2.75) is 19.4 Å². The molecule has 0 aliphatic rings. The minimum atomic E-state index is 0.638. The fourth-order valence-corrected chi connectivity index (χ4v) is 1.43. The van der Waals surface area contributed by atoms with E-state index < -0.39 is 0 Å². The average molecular weight is 219 g/mol. The van der Waals surface area contributed by atoms with E-state index in [0.717, 1.165) is 31.6 Å². The third-order valence-corrected chi connectivity index (χ3v) is 2.34. The van der Waals surface area contributed by atoms with Gasteiger partial charge in [-0.3, -0.25) is 0 Å². The topological polar surface area (TPSA) is 64.1 Å². The van der Waals surface area contributed by atoms with E-state index in [1.807, 2.05) is 18.2 Å². The molecule has 0 aliphatic heterocycles. The summed E-state index contributed by atoms with van der Waals surface area (Å²) in [6.07, 6.45) is 6.36. The number of benzene rings is 1. The third kappa shape index (κ3) is 5.53. The van der Waals surface area contributed by atoms with Crippen molar-refractivity contribution in [2.24, 2.45) is 5.73 Å². The Morgan fingerprint density at radius 1 is 1.12 bits per heavy atom. The summed E-state index contributed by atoms with van der Waals surface area (Å²) in [6, 6.07) is 7.97. The SMILES string of the molecule is NC/C=C\CCCNCc1ccc(N)cc1. The van der Waals surface area contributed by atoms with Gasteiger partial charge in [-0.05, 0) is 37.1 Å². The predicted molar refractivity (Wildman–Crippen MR) is 70.0 cm³/mol. The third-order valence-electron chi connectivity index (χ3n) is 2.34. The second kappa shape index (κ2) is 7.91. The molecular formula is C13H21N3. The first-order valence-electron chi connectivity index (χ1n) is 5.73. The highest BCUT2D eigenvalue weighted by atomic mass is 14.8. The van der Waals surface area contributed by atoms with Crippen molar-refractivity contribution in [3.05, 3.63) is 42.0 Å². The van der Waals surface area contributed by atoms with Crippen LogP contribution in [0, 0.1) is 0 Å². The maximum atomic E-state index is 5.61. The van der Waals surface area contributed by atoms with E-state index in [1.165, 1.54) is 5.56 Å². The Labute approximate surface area is 97.5 Å². The van der Waals surface area contributed by atoms with Gasteiger partial charge in [0.25, 0.3) is 0 Å². The number of unbranched alkanes of at least 4 members (excludes halogenated alkanes) is 1. The number of hydrogen-bond acceptors (Lipinski definition) is 3. The van der Waals surface area contributed by atoms with Gasteiger partial charge in [0.2, 0.25) is 0 Å². The molecule has 1 rings (SSSR count). The van der Waals surface area contributed by atoms with Crippen molar-refractivity contribution in [1.82, 2.24) is 5.32 Å². The van der Waals surface area contributed by atoms with Gasteiger partial charge in [-0.25, -0.2) is 0 Å². The molecule has 0 aliphatic carbocycles. The van der Waals surface area contributed by atoms with Crippen LogP contribution in [0.4, 0.5) is 5.69 Å². The van der Waals surface area contributed by atoms with Gasteiger partial charge in [0.15, 0.2) is 0 Å². The standard InChI is InChI=1S/C13H21N3/c14-9-3-1-2-4-10-16-11-12-5-7-13(15)8-6-12/h1,3,5-8,16H,2,4,9-11,14-15H2/b3-1-. The molecule has 0 saturated carbocycles. The van der Waals surface area contributed by atoms with E-state index in [4.69, 9.17) is 11.5 Å². The minimum Gasteiger partial charge on any atom is -0.399 e. The zero-order valence-electron chi connectivity index (χ0n) is 9.65. The predicted octanol–water partition coefficient (Wildman–Crippen LogP) is 1.65. The quantitative estimate of drug-likeness (QED) is 0.371. The first kappa shape index (κ1) is 12.7. The van der Waals surface area contributed by atoms with Crippen LogP contribution in [0.3, 0.4) is 0 Å². The molecule has 0 amide bonds. The van der Waals surface area contributed by atoms with Crippen molar-refractivity contribution >= 4 is 5.69 Å². The van der Waals surface area contributed by atoms with E-state index >= 15 is 0 Å². The Morgan fingerprint density at radius 3 is 2.56 bits per heavy atom. The van der Waals surface area contributed by atoms with Crippen LogP contribution in [-0.2, 0) is 6.54 Å². The first-order valence-corrected chi connectivity index (χ1v) is 5.73. The molecule has 0 spiro atoms. The van der Waals surface area contributed by atoms with Crippen LogP contribution in [0.2, 0.25) is 0 Å². The van der Waals surface area contributed by atoms with Crippen LogP contribution in [0.5, 0.6) is 0 Å². The highest BCUT2D eigenvalue weighted by Gasteiger charge is 1.91. The molecule has 16 heavy (non-hydrogen) atoms. The lowest BCUT2D eigenvalue weighted by Crippen LogP contribution is -2.14. The molecule has 5 N–H and O–H groups in total. The highest BCUT2D eigenvalue weighted by Crippen LogP contribution is 2.04. The molecule has 0 heterocycles. The van der Waals surface area contributed by atoms with Crippen LogP contribution < -0.4 is 16.8 Å². The summed E-state index contributed by atoms with van der Waals surface area (Å²) < 4.78 is 0. The van der Waals surface area contributed by atoms with E-state index in [1.54, 1.807) is 0 Å². The maximum Gasteiger partial charge on any atom is 0.0314 e. The monoisotopic (exact) mass is 219 g/mol. The molecule has 0 radical (unpaired) electrons. The van der Waals surface area contributed by atoms with Gasteiger partial charge < -0.3 is 16.8 Å². The van der Waals surface area contributed by atoms with Crippen LogP contribution in [-0.4, -0.2) is 13.1 Å². The van der Waals surface area contributed by atoms with E-state index in [2.05, 4.69) is 23.5 Å². The largest absolute Gasteiger partial charge is 0.399 e. The minimum absolute atomic E-state index is 0.638. The lowest BCUT2D eigenvalue weighted by Gasteiger charge is -2.04. The lowest BCUT2D eigenvalue weighted by molar-refractivity contribution is 0.655. The Morgan fingerprint density at radius 2 is 1.88 bits per heavy atom. The van der Waals surface area contributed by atoms with Gasteiger partial charge in [-0.1, -0.05) is 24.3 Å². The highest BCUT2D eigenvalue weighted by molar-refractivity contribution is 5.39. The van der Waals surface area contributed by atoms with E-state index in [9.17, 15) is 0 Å². The summed E-state index contributed by atoms with van der Waals surface area (Å²) in [5.74, 6) is 0. The molecule has 0 fully saturated rings. The number of hydrogen-bond donors (Lipinski definition) is 3. The molecular weight excluding hydrogens is 198 g/mol. The van der Waals surface area contributed by atoms with Gasteiger partial charge >= 0.3 is 0 Å². The maximum absolute atomic E-state index is 5.61. The number of anilines is 1. The molecule has 1 aromatic rings.